The first-order valence-corrected chi connectivity index (χ1v) is 4.19. The van der Waals surface area contributed by atoms with Gasteiger partial charge in [-0.15, -0.1) is 0 Å². The van der Waals surface area contributed by atoms with Crippen LogP contribution < -0.4 is 11.1 Å². The van der Waals surface area contributed by atoms with E-state index in [1.165, 1.54) is 0 Å². The normalized spacial score (nSPS) is 11.2. The van der Waals surface area contributed by atoms with Crippen LogP contribution in [-0.2, 0) is 11.0 Å². The molecule has 1 amide bonds. The number of anilines is 1. The number of primary amides is 1. The largest absolute Gasteiger partial charge is 0.419 e. The van der Waals surface area contributed by atoms with Crippen molar-refractivity contribution < 1.29 is 22.4 Å². The van der Waals surface area contributed by atoms with E-state index in [9.17, 15) is 22.4 Å². The lowest BCUT2D eigenvalue weighted by atomic mass is 10.2. The maximum absolute atomic E-state index is 12.8. The number of nitrogens with one attached hydrogen (secondary N) is 1. The average Bonchev–Trinajstić information content (AvgIpc) is 2.14. The first-order valence-electron chi connectivity index (χ1n) is 4.19. The highest BCUT2D eigenvalue weighted by atomic mass is 19.4. The topological polar surface area (TPSA) is 55.1 Å². The molecule has 1 aromatic rings. The minimum absolute atomic E-state index is 0.0208. The van der Waals surface area contributed by atoms with Gasteiger partial charge in [-0.25, -0.2) is 4.39 Å². The fraction of sp³-hybridized carbons (Fsp3) is 0.222. The number of nitrogens with two attached hydrogens (primary N) is 1. The Morgan fingerprint density at radius 3 is 2.50 bits per heavy atom. The van der Waals surface area contributed by atoms with Crippen LogP contribution in [0.3, 0.4) is 0 Å². The molecule has 0 saturated carbocycles. The zero-order valence-corrected chi connectivity index (χ0v) is 7.94. The monoisotopic (exact) mass is 236 g/mol. The van der Waals surface area contributed by atoms with Crippen LogP contribution >= 0.6 is 0 Å². The summed E-state index contributed by atoms with van der Waals surface area (Å²) in [7, 11) is 0. The van der Waals surface area contributed by atoms with Gasteiger partial charge in [0.2, 0.25) is 5.91 Å². The third kappa shape index (κ3) is 3.11. The molecule has 0 fully saturated rings. The van der Waals surface area contributed by atoms with Gasteiger partial charge in [0.15, 0.2) is 0 Å². The molecule has 0 radical (unpaired) electrons. The lowest BCUT2D eigenvalue weighted by Crippen LogP contribution is -2.22. The van der Waals surface area contributed by atoms with Crippen molar-refractivity contribution >= 4 is 11.6 Å². The molecule has 0 aliphatic carbocycles. The Hall–Kier alpha value is -1.79. The average molecular weight is 236 g/mol. The molecule has 0 unspecified atom stereocenters. The van der Waals surface area contributed by atoms with Crippen LogP contribution in [0.4, 0.5) is 23.2 Å². The van der Waals surface area contributed by atoms with Crippen LogP contribution in [0.2, 0.25) is 0 Å². The highest BCUT2D eigenvalue weighted by Crippen LogP contribution is 2.32. The smallest absolute Gasteiger partial charge is 0.376 e. The highest BCUT2D eigenvalue weighted by molar-refractivity contribution is 5.78. The van der Waals surface area contributed by atoms with Crippen molar-refractivity contribution in [2.75, 3.05) is 11.9 Å². The molecular formula is C9H8F4N2O. The van der Waals surface area contributed by atoms with Crippen LogP contribution in [0.25, 0.3) is 0 Å². The summed E-state index contributed by atoms with van der Waals surface area (Å²) in [5.74, 6) is -2.09. The van der Waals surface area contributed by atoms with Gasteiger partial charge >= 0.3 is 6.18 Å². The first-order chi connectivity index (χ1) is 7.30. The quantitative estimate of drug-likeness (QED) is 0.785. The van der Waals surface area contributed by atoms with E-state index in [2.05, 4.69) is 5.32 Å². The molecule has 1 aromatic carbocycles. The summed E-state index contributed by atoms with van der Waals surface area (Å²) in [5, 5.41) is 2.34. The number of amides is 1. The number of hydrogen-bond acceptors (Lipinski definition) is 2. The number of carbonyl (C=O) groups is 1. The molecule has 1 rings (SSSR count). The second-order valence-electron chi connectivity index (χ2n) is 3.01. The Morgan fingerprint density at radius 2 is 2.00 bits per heavy atom. The maximum atomic E-state index is 12.8. The Bertz CT molecular complexity index is 403. The summed E-state index contributed by atoms with van der Waals surface area (Å²) in [4.78, 5) is 10.4. The molecule has 0 atom stereocenters. The fourth-order valence-corrected chi connectivity index (χ4v) is 1.04. The zero-order chi connectivity index (χ0) is 12.3. The van der Waals surface area contributed by atoms with Gasteiger partial charge in [0, 0.05) is 5.69 Å². The van der Waals surface area contributed by atoms with Crippen molar-refractivity contribution in [3.63, 3.8) is 0 Å². The molecule has 0 saturated heterocycles. The van der Waals surface area contributed by atoms with Crippen LogP contribution in [0.15, 0.2) is 18.2 Å². The predicted octanol–water partition coefficient (Wildman–Crippen LogP) is 1.74. The summed E-state index contributed by atoms with van der Waals surface area (Å²) in [5.41, 5.74) is 3.39. The van der Waals surface area contributed by atoms with E-state index in [1.807, 2.05) is 0 Å². The number of alkyl halides is 3. The minimum Gasteiger partial charge on any atom is -0.376 e. The van der Waals surface area contributed by atoms with Crippen molar-refractivity contribution in [3.05, 3.63) is 29.6 Å². The van der Waals surface area contributed by atoms with E-state index in [0.29, 0.717) is 12.1 Å². The third-order valence-electron chi connectivity index (χ3n) is 1.74. The van der Waals surface area contributed by atoms with E-state index in [0.717, 1.165) is 6.07 Å². The molecular weight excluding hydrogens is 228 g/mol. The van der Waals surface area contributed by atoms with E-state index in [-0.39, 0.29) is 12.2 Å². The minimum atomic E-state index is -4.77. The van der Waals surface area contributed by atoms with Gasteiger partial charge in [0.25, 0.3) is 0 Å². The van der Waals surface area contributed by atoms with Gasteiger partial charge in [-0.05, 0) is 18.2 Å². The molecule has 3 nitrogen and oxygen atoms in total. The Kier molecular flexibility index (Phi) is 3.36. The van der Waals surface area contributed by atoms with Crippen molar-refractivity contribution in [2.24, 2.45) is 5.73 Å². The summed E-state index contributed by atoms with van der Waals surface area (Å²) < 4.78 is 49.6. The maximum Gasteiger partial charge on any atom is 0.419 e. The van der Waals surface area contributed by atoms with Gasteiger partial charge in [0.1, 0.15) is 5.82 Å². The van der Waals surface area contributed by atoms with E-state index < -0.39 is 23.5 Å². The molecule has 0 aliphatic rings. The Labute approximate surface area is 88.2 Å². The Morgan fingerprint density at radius 1 is 1.38 bits per heavy atom. The third-order valence-corrected chi connectivity index (χ3v) is 1.74. The summed E-state index contributed by atoms with van der Waals surface area (Å²) in [6.45, 7) is -0.317. The van der Waals surface area contributed by atoms with Crippen molar-refractivity contribution in [1.82, 2.24) is 0 Å². The molecule has 0 aliphatic heterocycles. The number of benzene rings is 1. The SMILES string of the molecule is NC(=O)CNc1ccc(F)c(C(F)(F)F)c1. The number of rotatable bonds is 3. The van der Waals surface area contributed by atoms with E-state index >= 15 is 0 Å². The molecule has 16 heavy (non-hydrogen) atoms. The highest BCUT2D eigenvalue weighted by Gasteiger charge is 2.34. The fourth-order valence-electron chi connectivity index (χ4n) is 1.04. The molecule has 0 aromatic heterocycles. The molecule has 0 heterocycles. The van der Waals surface area contributed by atoms with Gasteiger partial charge in [0.05, 0.1) is 12.1 Å². The van der Waals surface area contributed by atoms with Crippen molar-refractivity contribution in [3.8, 4) is 0 Å². The molecule has 88 valence electrons. The summed E-state index contributed by atoms with van der Waals surface area (Å²) in [6.07, 6.45) is -4.77. The van der Waals surface area contributed by atoms with E-state index in [4.69, 9.17) is 5.73 Å². The van der Waals surface area contributed by atoms with Crippen molar-refractivity contribution in [2.45, 2.75) is 6.18 Å². The molecule has 3 N–H and O–H groups in total. The second kappa shape index (κ2) is 4.38. The number of carbonyl (C=O) groups excluding carboxylic acids is 1. The summed E-state index contributed by atoms with van der Waals surface area (Å²) in [6, 6.07) is 2.35. The standard InChI is InChI=1S/C9H8F4N2O/c10-7-2-1-5(15-4-8(14)16)3-6(7)9(11,12)13/h1-3,15H,4H2,(H2,14,16). The lowest BCUT2D eigenvalue weighted by Gasteiger charge is -2.10. The van der Waals surface area contributed by atoms with Gasteiger partial charge in [-0.2, -0.15) is 13.2 Å². The van der Waals surface area contributed by atoms with Gasteiger partial charge in [-0.3, -0.25) is 4.79 Å². The zero-order valence-electron chi connectivity index (χ0n) is 7.94. The number of halogens is 4. The molecule has 0 bridgehead atoms. The second-order valence-corrected chi connectivity index (χ2v) is 3.01. The number of hydrogen-bond donors (Lipinski definition) is 2. The molecule has 7 heteroatoms. The van der Waals surface area contributed by atoms with Gasteiger partial charge < -0.3 is 11.1 Å². The van der Waals surface area contributed by atoms with Crippen LogP contribution in [0.1, 0.15) is 5.56 Å². The first kappa shape index (κ1) is 12.3. The van der Waals surface area contributed by atoms with Crippen molar-refractivity contribution in [1.29, 1.82) is 0 Å². The predicted molar refractivity (Wildman–Crippen MR) is 49.1 cm³/mol. The van der Waals surface area contributed by atoms with E-state index in [1.54, 1.807) is 0 Å². The van der Waals surface area contributed by atoms with Crippen LogP contribution in [-0.4, -0.2) is 12.5 Å². The summed E-state index contributed by atoms with van der Waals surface area (Å²) >= 11 is 0. The lowest BCUT2D eigenvalue weighted by molar-refractivity contribution is -0.139. The van der Waals surface area contributed by atoms with Crippen LogP contribution in [0.5, 0.6) is 0 Å². The Balaban J connectivity index is 2.94. The van der Waals surface area contributed by atoms with Gasteiger partial charge in [-0.1, -0.05) is 0 Å². The molecule has 0 spiro atoms. The van der Waals surface area contributed by atoms with Crippen LogP contribution in [0, 0.1) is 5.82 Å².